The Morgan fingerprint density at radius 1 is 0.875 bits per heavy atom. The van der Waals surface area contributed by atoms with Gasteiger partial charge in [-0.1, -0.05) is 0 Å². The zero-order chi connectivity index (χ0) is 24.8. The Morgan fingerprint density at radius 3 is 1.88 bits per heavy atom. The number of nitrogens with two attached hydrogens (primary N) is 2. The number of rotatable bonds is 16. The molecule has 0 saturated heterocycles. The fraction of sp³-hybridized carbons (Fsp3) is 0.647. The highest BCUT2D eigenvalue weighted by atomic mass is 32.2. The van der Waals surface area contributed by atoms with Gasteiger partial charge in [0.2, 0.25) is 23.6 Å². The Hall–Kier alpha value is -2.91. The monoisotopic (exact) mass is 479 g/mol. The predicted octanol–water partition coefficient (Wildman–Crippen LogP) is -3.66. The lowest BCUT2D eigenvalue weighted by atomic mass is 10.1. The number of aliphatic carboxylic acids is 2. The molecular formula is C17H29N5O9S. The predicted molar refractivity (Wildman–Crippen MR) is 112 cm³/mol. The van der Waals surface area contributed by atoms with E-state index in [2.05, 4.69) is 16.0 Å². The molecule has 0 saturated carbocycles. The Bertz CT molecular complexity index is 706. The summed E-state index contributed by atoms with van der Waals surface area (Å²) in [6.07, 6.45) is 0.582. The fourth-order valence-electron chi connectivity index (χ4n) is 2.35. The maximum atomic E-state index is 12.6. The number of primary amides is 1. The molecule has 15 heteroatoms. The molecule has 0 aromatic carbocycles. The van der Waals surface area contributed by atoms with Crippen LogP contribution in [-0.2, 0) is 28.8 Å². The lowest BCUT2D eigenvalue weighted by Gasteiger charge is -2.24. The summed E-state index contributed by atoms with van der Waals surface area (Å²) in [7, 11) is 0. The van der Waals surface area contributed by atoms with Crippen molar-refractivity contribution in [1.29, 1.82) is 0 Å². The number of carboxylic acid groups (broad SMARTS) is 2. The SMILES string of the molecule is CSCCC(NC(=O)C(N)CC(=O)O)C(=O)NC(CO)C(=O)NC(CCC(N)=O)C(=O)O. The van der Waals surface area contributed by atoms with Crippen molar-refractivity contribution in [3.63, 3.8) is 0 Å². The first kappa shape index (κ1) is 29.1. The van der Waals surface area contributed by atoms with E-state index in [1.54, 1.807) is 6.26 Å². The second kappa shape index (κ2) is 15.0. The van der Waals surface area contributed by atoms with Crippen LogP contribution in [0.2, 0.25) is 0 Å². The largest absolute Gasteiger partial charge is 0.481 e. The molecule has 10 N–H and O–H groups in total. The third-order valence-corrected chi connectivity index (χ3v) is 4.73. The Labute approximate surface area is 187 Å². The number of carboxylic acids is 2. The van der Waals surface area contributed by atoms with Crippen molar-refractivity contribution >= 4 is 47.3 Å². The summed E-state index contributed by atoms with van der Waals surface area (Å²) in [5.74, 6) is -5.90. The van der Waals surface area contributed by atoms with Crippen LogP contribution in [-0.4, -0.2) is 93.7 Å². The zero-order valence-electron chi connectivity index (χ0n) is 17.4. The van der Waals surface area contributed by atoms with Gasteiger partial charge in [0.15, 0.2) is 0 Å². The van der Waals surface area contributed by atoms with Crippen LogP contribution in [0, 0.1) is 0 Å². The topological polar surface area (TPSA) is 251 Å². The summed E-state index contributed by atoms with van der Waals surface area (Å²) in [6, 6.07) is -5.64. The number of aliphatic hydroxyl groups excluding tert-OH is 1. The standard InChI is InChI=1S/C17H29N5O9S/c1-32-5-4-9(20-14(27)8(18)6-13(25)26)15(28)22-11(7-23)16(29)21-10(17(30)31)2-3-12(19)24/h8-11,23H,2-7,18H2,1H3,(H2,19,24)(H,20,27)(H,21,29)(H,22,28)(H,25,26)(H,30,31). The average Bonchev–Trinajstić information content (AvgIpc) is 2.70. The van der Waals surface area contributed by atoms with Crippen LogP contribution in [0.15, 0.2) is 0 Å². The lowest BCUT2D eigenvalue weighted by molar-refractivity contribution is -0.143. The smallest absolute Gasteiger partial charge is 0.326 e. The van der Waals surface area contributed by atoms with E-state index in [0.717, 1.165) is 0 Å². The molecule has 14 nitrogen and oxygen atoms in total. The maximum absolute atomic E-state index is 12.6. The number of thioether (sulfide) groups is 1. The molecule has 0 fully saturated rings. The van der Waals surface area contributed by atoms with E-state index in [0.29, 0.717) is 5.75 Å². The van der Waals surface area contributed by atoms with E-state index in [1.165, 1.54) is 11.8 Å². The van der Waals surface area contributed by atoms with Gasteiger partial charge in [0.05, 0.1) is 19.1 Å². The molecule has 4 atom stereocenters. The molecular weight excluding hydrogens is 450 g/mol. The molecule has 0 rings (SSSR count). The van der Waals surface area contributed by atoms with E-state index in [9.17, 15) is 33.9 Å². The van der Waals surface area contributed by atoms with Crippen LogP contribution in [0.3, 0.4) is 0 Å². The number of carbonyl (C=O) groups is 6. The van der Waals surface area contributed by atoms with Gasteiger partial charge in [-0.2, -0.15) is 11.8 Å². The normalized spacial score (nSPS) is 14.3. The van der Waals surface area contributed by atoms with Gasteiger partial charge in [0.25, 0.3) is 0 Å². The molecule has 4 amide bonds. The van der Waals surface area contributed by atoms with E-state index in [-0.39, 0.29) is 19.3 Å². The summed E-state index contributed by atoms with van der Waals surface area (Å²) in [5.41, 5.74) is 10.4. The van der Waals surface area contributed by atoms with Crippen LogP contribution in [0.5, 0.6) is 0 Å². The summed E-state index contributed by atoms with van der Waals surface area (Å²) < 4.78 is 0. The molecule has 0 aliphatic carbocycles. The zero-order valence-corrected chi connectivity index (χ0v) is 18.2. The summed E-state index contributed by atoms with van der Waals surface area (Å²) >= 11 is 1.36. The van der Waals surface area contributed by atoms with Crippen molar-refractivity contribution in [2.75, 3.05) is 18.6 Å². The van der Waals surface area contributed by atoms with E-state index in [4.69, 9.17) is 21.7 Å². The lowest BCUT2D eigenvalue weighted by Crippen LogP contribution is -2.58. The highest BCUT2D eigenvalue weighted by Crippen LogP contribution is 2.04. The highest BCUT2D eigenvalue weighted by Gasteiger charge is 2.30. The maximum Gasteiger partial charge on any atom is 0.326 e. The van der Waals surface area contributed by atoms with Gasteiger partial charge in [-0.25, -0.2) is 4.79 Å². The third-order valence-electron chi connectivity index (χ3n) is 4.08. The number of aliphatic hydroxyl groups is 1. The number of carbonyl (C=O) groups excluding carboxylic acids is 4. The molecule has 0 spiro atoms. The Balaban J connectivity index is 5.20. The molecule has 32 heavy (non-hydrogen) atoms. The molecule has 182 valence electrons. The molecule has 0 radical (unpaired) electrons. The summed E-state index contributed by atoms with van der Waals surface area (Å²) in [5, 5.41) is 33.9. The number of amides is 4. The minimum atomic E-state index is -1.56. The Kier molecular flexibility index (Phi) is 13.6. The van der Waals surface area contributed by atoms with E-state index < -0.39 is 72.8 Å². The quantitative estimate of drug-likeness (QED) is 0.107. The average molecular weight is 480 g/mol. The molecule has 4 unspecified atom stereocenters. The second-order valence-electron chi connectivity index (χ2n) is 6.70. The first-order valence-corrected chi connectivity index (χ1v) is 10.8. The Morgan fingerprint density at radius 2 is 1.41 bits per heavy atom. The third kappa shape index (κ3) is 11.5. The summed E-state index contributed by atoms with van der Waals surface area (Å²) in [6.45, 7) is -0.887. The van der Waals surface area contributed by atoms with Gasteiger partial charge in [-0.15, -0.1) is 0 Å². The molecule has 0 bridgehead atoms. The van der Waals surface area contributed by atoms with Gasteiger partial charge in [-0.05, 0) is 24.9 Å². The fourth-order valence-corrected chi connectivity index (χ4v) is 2.82. The molecule has 0 aromatic rings. The molecule has 0 aromatic heterocycles. The van der Waals surface area contributed by atoms with Crippen molar-refractivity contribution in [3.05, 3.63) is 0 Å². The molecule has 0 aliphatic rings. The summed E-state index contributed by atoms with van der Waals surface area (Å²) in [4.78, 5) is 69.8. The number of hydrogen-bond donors (Lipinski definition) is 8. The van der Waals surface area contributed by atoms with Gasteiger partial charge < -0.3 is 42.7 Å². The number of hydrogen-bond acceptors (Lipinski definition) is 9. The molecule has 0 heterocycles. The van der Waals surface area contributed by atoms with Crippen LogP contribution in [0.25, 0.3) is 0 Å². The van der Waals surface area contributed by atoms with Crippen molar-refractivity contribution < 1.29 is 44.1 Å². The first-order valence-electron chi connectivity index (χ1n) is 9.42. The van der Waals surface area contributed by atoms with Gasteiger partial charge in [0.1, 0.15) is 18.1 Å². The van der Waals surface area contributed by atoms with Crippen LogP contribution < -0.4 is 27.4 Å². The van der Waals surface area contributed by atoms with Gasteiger partial charge in [-0.3, -0.25) is 24.0 Å². The minimum Gasteiger partial charge on any atom is -0.481 e. The number of nitrogens with one attached hydrogen (secondary N) is 3. The highest BCUT2D eigenvalue weighted by molar-refractivity contribution is 7.98. The van der Waals surface area contributed by atoms with Crippen molar-refractivity contribution in [2.45, 2.75) is 49.9 Å². The van der Waals surface area contributed by atoms with Crippen LogP contribution >= 0.6 is 11.8 Å². The van der Waals surface area contributed by atoms with E-state index >= 15 is 0 Å². The minimum absolute atomic E-state index is 0.106. The van der Waals surface area contributed by atoms with Crippen molar-refractivity contribution in [3.8, 4) is 0 Å². The molecule has 0 aliphatic heterocycles. The second-order valence-corrected chi connectivity index (χ2v) is 7.68. The first-order chi connectivity index (χ1) is 14.9. The van der Waals surface area contributed by atoms with Crippen LogP contribution in [0.4, 0.5) is 0 Å². The van der Waals surface area contributed by atoms with E-state index in [1.807, 2.05) is 0 Å². The van der Waals surface area contributed by atoms with Crippen molar-refractivity contribution in [1.82, 2.24) is 16.0 Å². The van der Waals surface area contributed by atoms with Gasteiger partial charge in [0, 0.05) is 6.42 Å². The van der Waals surface area contributed by atoms with Crippen molar-refractivity contribution in [2.24, 2.45) is 11.5 Å². The van der Waals surface area contributed by atoms with Gasteiger partial charge >= 0.3 is 11.9 Å². The van der Waals surface area contributed by atoms with Crippen LogP contribution in [0.1, 0.15) is 25.7 Å².